The lowest BCUT2D eigenvalue weighted by atomic mass is 10.1. The van der Waals surface area contributed by atoms with Crippen molar-refractivity contribution in [2.45, 2.75) is 32.7 Å². The van der Waals surface area contributed by atoms with Crippen molar-refractivity contribution in [3.05, 3.63) is 36.1 Å². The molecule has 0 radical (unpaired) electrons. The van der Waals surface area contributed by atoms with Crippen LogP contribution < -0.4 is 0 Å². The minimum atomic E-state index is 0.0469. The summed E-state index contributed by atoms with van der Waals surface area (Å²) in [5, 5.41) is 0.982. The fraction of sp³-hybridized carbons (Fsp3) is 0.438. The van der Waals surface area contributed by atoms with Crippen LogP contribution >= 0.6 is 0 Å². The van der Waals surface area contributed by atoms with Crippen molar-refractivity contribution in [3.8, 4) is 0 Å². The lowest BCUT2D eigenvalue weighted by Gasteiger charge is -2.24. The highest BCUT2D eigenvalue weighted by molar-refractivity contribution is 5.98. The molecular formula is C16H21NO2. The standard InChI is InChI=1S/C16H21NO2/c1-4-13(5-2)17(3)11-14(18)16-10-12-8-6-7-9-15(12)19-16/h6-10,13H,4-5,11H2,1-3H3. The summed E-state index contributed by atoms with van der Waals surface area (Å²) in [4.78, 5) is 14.3. The van der Waals surface area contributed by atoms with Gasteiger partial charge in [0, 0.05) is 11.4 Å². The maximum atomic E-state index is 12.2. The van der Waals surface area contributed by atoms with E-state index in [1.807, 2.05) is 37.4 Å². The van der Waals surface area contributed by atoms with Crippen LogP contribution in [-0.4, -0.2) is 30.3 Å². The number of rotatable bonds is 6. The van der Waals surface area contributed by atoms with Crippen molar-refractivity contribution in [3.63, 3.8) is 0 Å². The molecule has 19 heavy (non-hydrogen) atoms. The van der Waals surface area contributed by atoms with Gasteiger partial charge < -0.3 is 4.42 Å². The van der Waals surface area contributed by atoms with Crippen LogP contribution in [0, 0.1) is 0 Å². The highest BCUT2D eigenvalue weighted by atomic mass is 16.3. The molecule has 0 aliphatic rings. The average molecular weight is 259 g/mol. The van der Waals surface area contributed by atoms with Crippen LogP contribution in [0.2, 0.25) is 0 Å². The Morgan fingerprint density at radius 3 is 2.58 bits per heavy atom. The van der Waals surface area contributed by atoms with Crippen LogP contribution in [0.1, 0.15) is 37.2 Å². The third kappa shape index (κ3) is 3.04. The van der Waals surface area contributed by atoms with E-state index in [1.54, 1.807) is 0 Å². The van der Waals surface area contributed by atoms with E-state index < -0.39 is 0 Å². The number of nitrogens with zero attached hydrogens (tertiary/aromatic N) is 1. The number of benzene rings is 1. The molecule has 1 heterocycles. The number of carbonyl (C=O) groups is 1. The first-order chi connectivity index (χ1) is 9.15. The molecule has 1 aromatic heterocycles. The molecule has 0 amide bonds. The van der Waals surface area contributed by atoms with Crippen LogP contribution in [0.25, 0.3) is 11.0 Å². The van der Waals surface area contributed by atoms with Gasteiger partial charge in [0.1, 0.15) is 5.58 Å². The Labute approximate surface area is 114 Å². The molecular weight excluding hydrogens is 238 g/mol. The second kappa shape index (κ2) is 6.02. The largest absolute Gasteiger partial charge is 0.453 e. The van der Waals surface area contributed by atoms with Crippen molar-refractivity contribution in [1.29, 1.82) is 0 Å². The van der Waals surface area contributed by atoms with E-state index in [4.69, 9.17) is 4.42 Å². The van der Waals surface area contributed by atoms with Gasteiger partial charge in [0.05, 0.1) is 6.54 Å². The van der Waals surface area contributed by atoms with Crippen LogP contribution in [0.4, 0.5) is 0 Å². The second-order valence-electron chi connectivity index (χ2n) is 4.96. The predicted octanol–water partition coefficient (Wildman–Crippen LogP) is 3.74. The normalized spacial score (nSPS) is 11.6. The first-order valence-corrected chi connectivity index (χ1v) is 6.87. The van der Waals surface area contributed by atoms with Gasteiger partial charge in [-0.15, -0.1) is 0 Å². The Morgan fingerprint density at radius 1 is 1.26 bits per heavy atom. The fourth-order valence-electron chi connectivity index (χ4n) is 2.46. The maximum Gasteiger partial charge on any atom is 0.211 e. The summed E-state index contributed by atoms with van der Waals surface area (Å²) >= 11 is 0. The zero-order valence-electron chi connectivity index (χ0n) is 11.8. The zero-order valence-corrected chi connectivity index (χ0v) is 11.8. The number of furan rings is 1. The van der Waals surface area contributed by atoms with E-state index in [0.29, 0.717) is 18.3 Å². The SMILES string of the molecule is CCC(CC)N(C)CC(=O)c1cc2ccccc2o1. The minimum absolute atomic E-state index is 0.0469. The van der Waals surface area contributed by atoms with Gasteiger partial charge in [0.15, 0.2) is 5.76 Å². The maximum absolute atomic E-state index is 12.2. The first-order valence-electron chi connectivity index (χ1n) is 6.87. The minimum Gasteiger partial charge on any atom is -0.453 e. The molecule has 0 atom stereocenters. The van der Waals surface area contributed by atoms with Crippen molar-refractivity contribution in [1.82, 2.24) is 4.90 Å². The quantitative estimate of drug-likeness (QED) is 0.741. The van der Waals surface area contributed by atoms with E-state index in [-0.39, 0.29) is 5.78 Å². The summed E-state index contributed by atoms with van der Waals surface area (Å²) in [5.74, 6) is 0.504. The number of Topliss-reactive ketones (excluding diaryl/α,β-unsaturated/α-hetero) is 1. The number of para-hydroxylation sites is 1. The summed E-state index contributed by atoms with van der Waals surface area (Å²) in [6.45, 7) is 4.71. The van der Waals surface area contributed by atoms with Crippen molar-refractivity contribution in [2.24, 2.45) is 0 Å². The van der Waals surface area contributed by atoms with Gasteiger partial charge in [-0.3, -0.25) is 9.69 Å². The van der Waals surface area contributed by atoms with E-state index in [0.717, 1.165) is 23.8 Å². The van der Waals surface area contributed by atoms with Crippen molar-refractivity contribution in [2.75, 3.05) is 13.6 Å². The molecule has 3 nitrogen and oxygen atoms in total. The van der Waals surface area contributed by atoms with Crippen molar-refractivity contribution >= 4 is 16.8 Å². The molecule has 0 bridgehead atoms. The molecule has 0 saturated carbocycles. The van der Waals surface area contributed by atoms with Crippen LogP contribution in [0.15, 0.2) is 34.7 Å². The van der Waals surface area contributed by atoms with E-state index in [2.05, 4.69) is 18.7 Å². The van der Waals surface area contributed by atoms with Gasteiger partial charge in [0.25, 0.3) is 0 Å². The molecule has 0 saturated heterocycles. The summed E-state index contributed by atoms with van der Waals surface area (Å²) in [7, 11) is 2.00. The van der Waals surface area contributed by atoms with Gasteiger partial charge in [-0.05, 0) is 32.0 Å². The fourth-order valence-corrected chi connectivity index (χ4v) is 2.46. The number of carbonyl (C=O) groups excluding carboxylic acids is 1. The first kappa shape index (κ1) is 13.8. The molecule has 0 spiro atoms. The zero-order chi connectivity index (χ0) is 13.8. The second-order valence-corrected chi connectivity index (χ2v) is 4.96. The van der Waals surface area contributed by atoms with Gasteiger partial charge in [-0.25, -0.2) is 0 Å². The smallest absolute Gasteiger partial charge is 0.211 e. The Balaban J connectivity index is 2.11. The van der Waals surface area contributed by atoms with Crippen molar-refractivity contribution < 1.29 is 9.21 Å². The third-order valence-corrected chi connectivity index (χ3v) is 3.66. The van der Waals surface area contributed by atoms with E-state index in [1.165, 1.54) is 0 Å². The highest BCUT2D eigenvalue weighted by Crippen LogP contribution is 2.19. The molecule has 102 valence electrons. The molecule has 0 fully saturated rings. The Bertz CT molecular complexity index is 522. The summed E-state index contributed by atoms with van der Waals surface area (Å²) in [6.07, 6.45) is 2.11. The molecule has 0 aliphatic carbocycles. The Hall–Kier alpha value is -1.61. The summed E-state index contributed by atoms with van der Waals surface area (Å²) in [6, 6.07) is 9.99. The van der Waals surface area contributed by atoms with E-state index in [9.17, 15) is 4.79 Å². The van der Waals surface area contributed by atoms with Crippen LogP contribution in [0.5, 0.6) is 0 Å². The van der Waals surface area contributed by atoms with Gasteiger partial charge in [-0.1, -0.05) is 32.0 Å². The van der Waals surface area contributed by atoms with E-state index >= 15 is 0 Å². The number of hydrogen-bond donors (Lipinski definition) is 0. The Morgan fingerprint density at radius 2 is 1.95 bits per heavy atom. The van der Waals surface area contributed by atoms with Crippen LogP contribution in [0.3, 0.4) is 0 Å². The number of likely N-dealkylation sites (N-methyl/N-ethyl adjacent to an activating group) is 1. The van der Waals surface area contributed by atoms with Gasteiger partial charge in [-0.2, -0.15) is 0 Å². The molecule has 3 heteroatoms. The van der Waals surface area contributed by atoms with Gasteiger partial charge in [0.2, 0.25) is 5.78 Å². The van der Waals surface area contributed by atoms with Gasteiger partial charge >= 0.3 is 0 Å². The predicted molar refractivity (Wildman–Crippen MR) is 77.5 cm³/mol. The molecule has 0 unspecified atom stereocenters. The average Bonchev–Trinajstić information content (AvgIpc) is 2.84. The van der Waals surface area contributed by atoms with Crippen LogP contribution in [-0.2, 0) is 0 Å². The molecule has 2 rings (SSSR count). The lowest BCUT2D eigenvalue weighted by Crippen LogP contribution is -2.35. The molecule has 0 aliphatic heterocycles. The number of hydrogen-bond acceptors (Lipinski definition) is 3. The summed E-state index contributed by atoms with van der Waals surface area (Å²) in [5.41, 5.74) is 0.774. The molecule has 2 aromatic rings. The monoisotopic (exact) mass is 259 g/mol. The summed E-state index contributed by atoms with van der Waals surface area (Å²) < 4.78 is 5.60. The Kier molecular flexibility index (Phi) is 4.38. The molecule has 0 N–H and O–H groups in total. The third-order valence-electron chi connectivity index (χ3n) is 3.66. The topological polar surface area (TPSA) is 33.5 Å². The lowest BCUT2D eigenvalue weighted by molar-refractivity contribution is 0.0890. The number of fused-ring (bicyclic) bond motifs is 1. The molecule has 1 aromatic carbocycles. The number of ketones is 1. The highest BCUT2D eigenvalue weighted by Gasteiger charge is 2.18.